The van der Waals surface area contributed by atoms with Crippen LogP contribution in [0.5, 0.6) is 11.5 Å². The molecule has 0 aliphatic rings. The second-order valence-corrected chi connectivity index (χ2v) is 8.43. The molecule has 1 atom stereocenters. The summed E-state index contributed by atoms with van der Waals surface area (Å²) in [5, 5.41) is 9.47. The first-order valence-electron chi connectivity index (χ1n) is 8.40. The number of allylic oxidation sites excluding steroid dienone is 2. The van der Waals surface area contributed by atoms with Crippen molar-refractivity contribution >= 4 is 26.8 Å². The molecular weight excluding hydrogens is 475 g/mol. The maximum absolute atomic E-state index is 11.4. The number of benzene rings is 2. The van der Waals surface area contributed by atoms with E-state index in [2.05, 4.69) is 8.83 Å². The van der Waals surface area contributed by atoms with Gasteiger partial charge in [0, 0.05) is 0 Å². The smallest absolute Gasteiger partial charge is 0.789 e. The van der Waals surface area contributed by atoms with Gasteiger partial charge < -0.3 is 28.9 Å². The van der Waals surface area contributed by atoms with Gasteiger partial charge in [0.2, 0.25) is 0 Å². The van der Waals surface area contributed by atoms with E-state index in [1.807, 2.05) is 26.0 Å². The van der Waals surface area contributed by atoms with Crippen molar-refractivity contribution in [1.82, 2.24) is 0 Å². The summed E-state index contributed by atoms with van der Waals surface area (Å²) in [5.41, 5.74) is 3.86. The summed E-state index contributed by atoms with van der Waals surface area (Å²) in [6, 6.07) is 12.8. The molecule has 1 unspecified atom stereocenters. The van der Waals surface area contributed by atoms with Crippen LogP contribution in [0.3, 0.4) is 0 Å². The molecule has 0 aliphatic heterocycles. The zero-order chi connectivity index (χ0) is 20.9. The standard InChI is InChI=1S/C18H22O8P2.3Na/c1-3-17(13-5-9-15(19)10-6-13)18(4-2)14-7-11-16(12-8-14)25-28(23,24)26-27(20,21)22;;;/h5-12,19H,3-4H2,1-2H3,(H,23,24)(H2,20,21,22);;;/q;3*+1/p-3/b18-17+;;;. The van der Waals surface area contributed by atoms with Gasteiger partial charge in [-0.1, -0.05) is 38.1 Å². The van der Waals surface area contributed by atoms with Gasteiger partial charge in [-0.2, -0.15) is 0 Å². The number of phosphoric ester groups is 1. The molecule has 0 heterocycles. The molecule has 0 spiro atoms. The van der Waals surface area contributed by atoms with Gasteiger partial charge in [0.05, 0.1) is 7.82 Å². The molecule has 8 nitrogen and oxygen atoms in total. The van der Waals surface area contributed by atoms with Crippen molar-refractivity contribution in [1.29, 1.82) is 0 Å². The van der Waals surface area contributed by atoms with E-state index >= 15 is 0 Å². The quantitative estimate of drug-likeness (QED) is 0.217. The number of hydrogen-bond acceptors (Lipinski definition) is 8. The number of phosphoric acid groups is 2. The van der Waals surface area contributed by atoms with Crippen molar-refractivity contribution in [2.45, 2.75) is 26.7 Å². The maximum Gasteiger partial charge on any atom is 1.00 e. The van der Waals surface area contributed by atoms with Crippen LogP contribution < -0.4 is 108 Å². The van der Waals surface area contributed by atoms with Crippen molar-refractivity contribution in [3.05, 3.63) is 59.7 Å². The van der Waals surface area contributed by atoms with Crippen molar-refractivity contribution in [3.8, 4) is 11.5 Å². The fourth-order valence-corrected chi connectivity index (χ4v) is 4.32. The van der Waals surface area contributed by atoms with Crippen molar-refractivity contribution in [2.75, 3.05) is 0 Å². The Morgan fingerprint density at radius 2 is 1.19 bits per heavy atom. The number of rotatable bonds is 8. The summed E-state index contributed by atoms with van der Waals surface area (Å²) in [4.78, 5) is 32.4. The van der Waals surface area contributed by atoms with E-state index in [0.717, 1.165) is 28.7 Å². The SMILES string of the molecule is CC/C(=C(/CC)c1ccc(OP(=O)([O-])OP(=O)([O-])[O-])cc1)c1ccc(O)cc1.[Na+].[Na+].[Na+]. The van der Waals surface area contributed by atoms with E-state index in [0.29, 0.717) is 6.42 Å². The maximum atomic E-state index is 11.4. The molecular formula is C18H19Na3O8P2. The fourth-order valence-electron chi connectivity index (χ4n) is 2.83. The Labute approximate surface area is 248 Å². The Morgan fingerprint density at radius 1 is 0.806 bits per heavy atom. The molecule has 0 amide bonds. The third-order valence-corrected chi connectivity index (χ3v) is 5.94. The summed E-state index contributed by atoms with van der Waals surface area (Å²) in [5.74, 6) is -0.0163. The van der Waals surface area contributed by atoms with Gasteiger partial charge in [-0.25, -0.2) is 0 Å². The monoisotopic (exact) mass is 494 g/mol. The Hall–Kier alpha value is 1.08. The minimum Gasteiger partial charge on any atom is -0.789 e. The molecule has 13 heteroatoms. The van der Waals surface area contributed by atoms with Gasteiger partial charge in [-0.15, -0.1) is 0 Å². The van der Waals surface area contributed by atoms with Gasteiger partial charge >= 0.3 is 96.5 Å². The average Bonchev–Trinajstić information content (AvgIpc) is 2.59. The summed E-state index contributed by atoms with van der Waals surface area (Å²) in [6.07, 6.45) is 1.43. The molecule has 0 saturated heterocycles. The van der Waals surface area contributed by atoms with Gasteiger partial charge in [-0.05, 0) is 59.4 Å². The molecule has 0 radical (unpaired) electrons. The zero-order valence-electron chi connectivity index (χ0n) is 18.2. The van der Waals surface area contributed by atoms with Gasteiger partial charge in [0.25, 0.3) is 0 Å². The van der Waals surface area contributed by atoms with E-state index in [1.165, 1.54) is 12.1 Å². The van der Waals surface area contributed by atoms with Crippen LogP contribution in [0.25, 0.3) is 11.1 Å². The van der Waals surface area contributed by atoms with E-state index in [9.17, 15) is 28.9 Å². The minimum atomic E-state index is -5.74. The van der Waals surface area contributed by atoms with Crippen LogP contribution in [-0.4, -0.2) is 5.11 Å². The van der Waals surface area contributed by atoms with E-state index in [1.54, 1.807) is 24.3 Å². The topological polar surface area (TPSA) is 142 Å². The predicted molar refractivity (Wildman–Crippen MR) is 98.9 cm³/mol. The molecule has 1 N–H and O–H groups in total. The van der Waals surface area contributed by atoms with Crippen LogP contribution in [0.2, 0.25) is 0 Å². The second-order valence-electron chi connectivity index (χ2n) is 5.80. The number of phenolic OH excluding ortho intramolecular Hbond substituents is 1. The number of phenols is 1. The van der Waals surface area contributed by atoms with Crippen LogP contribution in [-0.2, 0) is 13.4 Å². The number of aromatic hydroxyl groups is 1. The summed E-state index contributed by atoms with van der Waals surface area (Å²) in [7, 11) is -11.1. The Balaban J connectivity index is 0. The molecule has 2 aromatic rings. The van der Waals surface area contributed by atoms with Gasteiger partial charge in [-0.3, -0.25) is 8.88 Å². The molecule has 2 rings (SSSR count). The molecule has 152 valence electrons. The first-order chi connectivity index (χ1) is 13.0. The van der Waals surface area contributed by atoms with Crippen molar-refractivity contribution < 1.29 is 126 Å². The van der Waals surface area contributed by atoms with E-state index < -0.39 is 15.6 Å². The molecule has 0 aliphatic carbocycles. The molecule has 31 heavy (non-hydrogen) atoms. The molecule has 0 saturated carbocycles. The summed E-state index contributed by atoms with van der Waals surface area (Å²) < 4.78 is 29.8. The Bertz CT molecular complexity index is 943. The second kappa shape index (κ2) is 15.2. The van der Waals surface area contributed by atoms with Crippen LogP contribution in [0.15, 0.2) is 48.5 Å². The van der Waals surface area contributed by atoms with E-state index in [4.69, 9.17) is 0 Å². The van der Waals surface area contributed by atoms with E-state index in [-0.39, 0.29) is 100 Å². The Kier molecular flexibility index (Phi) is 16.7. The van der Waals surface area contributed by atoms with Crippen LogP contribution >= 0.6 is 15.6 Å². The van der Waals surface area contributed by atoms with Crippen LogP contribution in [0.4, 0.5) is 0 Å². The third-order valence-electron chi connectivity index (χ3n) is 3.91. The summed E-state index contributed by atoms with van der Waals surface area (Å²) in [6.45, 7) is 3.99. The fraction of sp³-hybridized carbons (Fsp3) is 0.222. The predicted octanol–water partition coefficient (Wildman–Crippen LogP) is -6.17. The normalized spacial score (nSPS) is 13.5. The van der Waals surface area contributed by atoms with Crippen LogP contribution in [0, 0.1) is 0 Å². The van der Waals surface area contributed by atoms with Gasteiger partial charge in [0.1, 0.15) is 11.5 Å². The summed E-state index contributed by atoms with van der Waals surface area (Å²) >= 11 is 0. The first-order valence-corrected chi connectivity index (χ1v) is 11.3. The first kappa shape index (κ1) is 34.2. The largest absolute Gasteiger partial charge is 1.00 e. The molecule has 0 fully saturated rings. The van der Waals surface area contributed by atoms with Gasteiger partial charge in [0.15, 0.2) is 0 Å². The van der Waals surface area contributed by atoms with Crippen molar-refractivity contribution in [2.24, 2.45) is 0 Å². The average molecular weight is 494 g/mol. The third kappa shape index (κ3) is 11.4. The minimum absolute atomic E-state index is 0. The molecule has 0 bridgehead atoms. The molecule has 0 aromatic heterocycles. The van der Waals surface area contributed by atoms with Crippen molar-refractivity contribution in [3.63, 3.8) is 0 Å². The molecule has 2 aromatic carbocycles. The Morgan fingerprint density at radius 3 is 1.55 bits per heavy atom. The zero-order valence-corrected chi connectivity index (χ0v) is 26.0. The number of hydrogen-bond donors (Lipinski definition) is 1. The van der Waals surface area contributed by atoms with Crippen LogP contribution in [0.1, 0.15) is 37.8 Å².